The Morgan fingerprint density at radius 1 is 1.50 bits per heavy atom. The van der Waals surface area contributed by atoms with Crippen molar-refractivity contribution < 1.29 is 17.9 Å². The number of nitrogens with zero attached hydrogens (tertiary/aromatic N) is 1. The molecule has 0 fully saturated rings. The maximum Gasteiger partial charge on any atom is 0.279 e. The first-order chi connectivity index (χ1) is 8.27. The van der Waals surface area contributed by atoms with E-state index in [4.69, 9.17) is 11.6 Å². The molecule has 102 valence electrons. The molecule has 0 spiro atoms. The van der Waals surface area contributed by atoms with Crippen LogP contribution in [0, 0.1) is 5.82 Å². The molecule has 0 saturated heterocycles. The molecule has 0 aromatic heterocycles. The molecule has 0 radical (unpaired) electrons. The average Bonchev–Trinajstić information content (AvgIpc) is 2.29. The van der Waals surface area contributed by atoms with Gasteiger partial charge in [0.1, 0.15) is 5.82 Å². The van der Waals surface area contributed by atoms with Gasteiger partial charge in [0.25, 0.3) is 10.2 Å². The zero-order chi connectivity index (χ0) is 13.9. The van der Waals surface area contributed by atoms with E-state index in [-0.39, 0.29) is 5.02 Å². The molecule has 1 aromatic carbocycles. The van der Waals surface area contributed by atoms with Crippen LogP contribution in [0.1, 0.15) is 11.6 Å². The van der Waals surface area contributed by atoms with E-state index in [1.54, 1.807) is 0 Å². The van der Waals surface area contributed by atoms with Gasteiger partial charge >= 0.3 is 0 Å². The lowest BCUT2D eigenvalue weighted by Crippen LogP contribution is -2.39. The number of rotatable bonds is 5. The van der Waals surface area contributed by atoms with Crippen molar-refractivity contribution in [1.29, 1.82) is 0 Å². The summed E-state index contributed by atoms with van der Waals surface area (Å²) in [5.41, 5.74) is 0.296. The van der Waals surface area contributed by atoms with E-state index in [1.165, 1.54) is 26.2 Å². The van der Waals surface area contributed by atoms with E-state index >= 15 is 0 Å². The summed E-state index contributed by atoms with van der Waals surface area (Å²) in [5, 5.41) is 9.12. The lowest BCUT2D eigenvalue weighted by atomic mass is 10.1. The Morgan fingerprint density at radius 3 is 2.56 bits per heavy atom. The second-order valence-electron chi connectivity index (χ2n) is 3.81. The number of nitrogens with one attached hydrogen (secondary N) is 1. The summed E-state index contributed by atoms with van der Waals surface area (Å²) in [6, 6.07) is 2.91. The minimum Gasteiger partial charge on any atom is -0.394 e. The third-order valence-electron chi connectivity index (χ3n) is 2.30. The van der Waals surface area contributed by atoms with Gasteiger partial charge in [-0.3, -0.25) is 0 Å². The summed E-state index contributed by atoms with van der Waals surface area (Å²) in [4.78, 5) is 0. The molecule has 1 atom stereocenters. The minimum absolute atomic E-state index is 0.0640. The summed E-state index contributed by atoms with van der Waals surface area (Å²) in [5.74, 6) is -0.670. The van der Waals surface area contributed by atoms with Crippen LogP contribution in [0.3, 0.4) is 0 Å². The van der Waals surface area contributed by atoms with Crippen LogP contribution in [0.25, 0.3) is 0 Å². The highest BCUT2D eigenvalue weighted by Crippen LogP contribution is 2.20. The Balaban J connectivity index is 3.00. The van der Waals surface area contributed by atoms with Crippen molar-refractivity contribution in [2.24, 2.45) is 0 Å². The highest BCUT2D eigenvalue weighted by Gasteiger charge is 2.21. The quantitative estimate of drug-likeness (QED) is 0.848. The molecule has 0 heterocycles. The van der Waals surface area contributed by atoms with Crippen LogP contribution < -0.4 is 4.72 Å². The summed E-state index contributed by atoms with van der Waals surface area (Å²) in [6.07, 6.45) is 0. The summed E-state index contributed by atoms with van der Waals surface area (Å²) in [7, 11) is -1.02. The van der Waals surface area contributed by atoms with E-state index in [0.717, 1.165) is 10.4 Å². The summed E-state index contributed by atoms with van der Waals surface area (Å²) in [6.45, 7) is -0.492. The van der Waals surface area contributed by atoms with E-state index in [1.807, 2.05) is 0 Å². The molecule has 18 heavy (non-hydrogen) atoms. The van der Waals surface area contributed by atoms with E-state index in [9.17, 15) is 17.9 Å². The second kappa shape index (κ2) is 5.94. The van der Waals surface area contributed by atoms with Gasteiger partial charge < -0.3 is 5.11 Å². The van der Waals surface area contributed by atoms with Gasteiger partial charge in [0.2, 0.25) is 0 Å². The maximum atomic E-state index is 13.3. The molecule has 1 aromatic rings. The lowest BCUT2D eigenvalue weighted by Gasteiger charge is -2.20. The number of benzene rings is 1. The van der Waals surface area contributed by atoms with Gasteiger partial charge in [0.15, 0.2) is 0 Å². The third kappa shape index (κ3) is 3.63. The second-order valence-corrected chi connectivity index (χ2v) is 6.14. The zero-order valence-corrected chi connectivity index (χ0v) is 11.5. The number of halogens is 2. The topological polar surface area (TPSA) is 69.6 Å². The Kier molecular flexibility index (Phi) is 5.06. The molecule has 8 heteroatoms. The van der Waals surface area contributed by atoms with Crippen LogP contribution in [0.2, 0.25) is 5.02 Å². The van der Waals surface area contributed by atoms with Crippen LogP contribution in [-0.2, 0) is 10.2 Å². The van der Waals surface area contributed by atoms with Gasteiger partial charge in [-0.15, -0.1) is 0 Å². The number of aliphatic hydroxyl groups excluding tert-OH is 1. The predicted molar refractivity (Wildman–Crippen MR) is 67.0 cm³/mol. The summed E-state index contributed by atoms with van der Waals surface area (Å²) < 4.78 is 39.7. The van der Waals surface area contributed by atoms with Crippen molar-refractivity contribution >= 4 is 21.8 Å². The Morgan fingerprint density at radius 2 is 2.11 bits per heavy atom. The Labute approximate surface area is 110 Å². The average molecular weight is 297 g/mol. The SMILES string of the molecule is CN(C)S(=O)(=O)NC(CO)c1ccc(Cl)c(F)c1. The molecule has 1 unspecified atom stereocenters. The normalized spacial score (nSPS) is 13.9. The molecule has 0 aliphatic carbocycles. The van der Waals surface area contributed by atoms with Crippen molar-refractivity contribution in [2.45, 2.75) is 6.04 Å². The van der Waals surface area contributed by atoms with Crippen LogP contribution in [-0.4, -0.2) is 38.5 Å². The van der Waals surface area contributed by atoms with Gasteiger partial charge in [0, 0.05) is 14.1 Å². The van der Waals surface area contributed by atoms with Crippen molar-refractivity contribution in [3.05, 3.63) is 34.6 Å². The van der Waals surface area contributed by atoms with E-state index < -0.39 is 28.7 Å². The highest BCUT2D eigenvalue weighted by atomic mass is 35.5. The molecule has 0 aliphatic rings. The van der Waals surface area contributed by atoms with Crippen LogP contribution in [0.4, 0.5) is 4.39 Å². The maximum absolute atomic E-state index is 13.3. The molecular formula is C10H14ClFN2O3S. The molecule has 5 nitrogen and oxygen atoms in total. The van der Waals surface area contributed by atoms with Crippen molar-refractivity contribution in [3.8, 4) is 0 Å². The first-order valence-corrected chi connectivity index (χ1v) is 6.85. The molecule has 0 saturated carbocycles. The van der Waals surface area contributed by atoms with Gasteiger partial charge in [-0.2, -0.15) is 17.4 Å². The fraction of sp³-hybridized carbons (Fsp3) is 0.400. The molecule has 1 rings (SSSR count). The minimum atomic E-state index is -3.71. The highest BCUT2D eigenvalue weighted by molar-refractivity contribution is 7.87. The van der Waals surface area contributed by atoms with Crippen molar-refractivity contribution in [3.63, 3.8) is 0 Å². The smallest absolute Gasteiger partial charge is 0.279 e. The predicted octanol–water partition coefficient (Wildman–Crippen LogP) is 0.909. The van der Waals surface area contributed by atoms with E-state index in [2.05, 4.69) is 4.72 Å². The number of aliphatic hydroxyl groups is 1. The summed E-state index contributed by atoms with van der Waals surface area (Å²) >= 11 is 5.53. The van der Waals surface area contributed by atoms with Crippen LogP contribution in [0.5, 0.6) is 0 Å². The third-order valence-corrected chi connectivity index (χ3v) is 4.15. The zero-order valence-electron chi connectivity index (χ0n) is 9.89. The van der Waals surface area contributed by atoms with Gasteiger partial charge in [-0.25, -0.2) is 4.39 Å². The van der Waals surface area contributed by atoms with Gasteiger partial charge in [0.05, 0.1) is 17.7 Å². The standard InChI is InChI=1S/C10H14ClFN2O3S/c1-14(2)18(16,17)13-10(6-15)7-3-4-8(11)9(12)5-7/h3-5,10,13,15H,6H2,1-2H3. The van der Waals surface area contributed by atoms with Gasteiger partial charge in [-0.1, -0.05) is 17.7 Å². The fourth-order valence-electron chi connectivity index (χ4n) is 1.23. The van der Waals surface area contributed by atoms with Crippen molar-refractivity contribution in [2.75, 3.05) is 20.7 Å². The van der Waals surface area contributed by atoms with Gasteiger partial charge in [-0.05, 0) is 17.7 Å². The largest absolute Gasteiger partial charge is 0.394 e. The van der Waals surface area contributed by atoms with Crippen molar-refractivity contribution in [1.82, 2.24) is 9.03 Å². The molecule has 0 amide bonds. The van der Waals surface area contributed by atoms with Crippen LogP contribution in [0.15, 0.2) is 18.2 Å². The molecular weight excluding hydrogens is 283 g/mol. The number of hydrogen-bond acceptors (Lipinski definition) is 3. The monoisotopic (exact) mass is 296 g/mol. The lowest BCUT2D eigenvalue weighted by molar-refractivity contribution is 0.257. The Bertz CT molecular complexity index is 522. The fourth-order valence-corrected chi connectivity index (χ4v) is 2.12. The molecule has 0 aliphatic heterocycles. The first-order valence-electron chi connectivity index (χ1n) is 5.03. The van der Waals surface area contributed by atoms with E-state index in [0.29, 0.717) is 5.56 Å². The number of hydrogen-bond donors (Lipinski definition) is 2. The molecule has 0 bridgehead atoms. The van der Waals surface area contributed by atoms with Crippen LogP contribution >= 0.6 is 11.6 Å². The Hall–Kier alpha value is -0.730. The molecule has 2 N–H and O–H groups in total. The first kappa shape index (κ1) is 15.3.